The summed E-state index contributed by atoms with van der Waals surface area (Å²) in [6.45, 7) is 2.44. The first-order valence-corrected chi connectivity index (χ1v) is 6.64. The molecule has 0 radical (unpaired) electrons. The van der Waals surface area contributed by atoms with Gasteiger partial charge in [0, 0.05) is 18.5 Å². The van der Waals surface area contributed by atoms with Crippen molar-refractivity contribution in [3.8, 4) is 0 Å². The summed E-state index contributed by atoms with van der Waals surface area (Å²) in [4.78, 5) is 13.3. The van der Waals surface area contributed by atoms with Gasteiger partial charge in [0.1, 0.15) is 5.58 Å². The van der Waals surface area contributed by atoms with Crippen molar-refractivity contribution in [2.45, 2.75) is 19.4 Å². The first-order chi connectivity index (χ1) is 9.22. The van der Waals surface area contributed by atoms with E-state index in [0.29, 0.717) is 6.54 Å². The fourth-order valence-electron chi connectivity index (χ4n) is 2.77. The fourth-order valence-corrected chi connectivity index (χ4v) is 2.77. The van der Waals surface area contributed by atoms with E-state index in [4.69, 9.17) is 9.52 Å². The van der Waals surface area contributed by atoms with E-state index in [1.807, 2.05) is 12.1 Å². The monoisotopic (exact) mass is 259 g/mol. The molecule has 1 aliphatic heterocycles. The van der Waals surface area contributed by atoms with Crippen LogP contribution in [0.4, 0.5) is 0 Å². The number of furan rings is 1. The third-order valence-electron chi connectivity index (χ3n) is 3.78. The average molecular weight is 259 g/mol. The van der Waals surface area contributed by atoms with Crippen LogP contribution >= 0.6 is 0 Å². The maximum Gasteiger partial charge on any atom is 0.307 e. The molecule has 0 spiro atoms. The summed E-state index contributed by atoms with van der Waals surface area (Å²) >= 11 is 0. The van der Waals surface area contributed by atoms with Crippen LogP contribution in [0.1, 0.15) is 18.4 Å². The first kappa shape index (κ1) is 12.2. The highest BCUT2D eigenvalue weighted by Gasteiger charge is 2.25. The lowest BCUT2D eigenvalue weighted by Crippen LogP contribution is -2.38. The maximum absolute atomic E-state index is 11.1. The van der Waals surface area contributed by atoms with Crippen LogP contribution in [0.2, 0.25) is 0 Å². The zero-order chi connectivity index (χ0) is 13.2. The summed E-state index contributed by atoms with van der Waals surface area (Å²) in [6, 6.07) is 8.10. The van der Waals surface area contributed by atoms with Crippen molar-refractivity contribution in [2.24, 2.45) is 5.92 Å². The third-order valence-corrected chi connectivity index (χ3v) is 3.78. The molecule has 1 N–H and O–H groups in total. The quantitative estimate of drug-likeness (QED) is 0.920. The van der Waals surface area contributed by atoms with E-state index in [0.717, 1.165) is 36.9 Å². The van der Waals surface area contributed by atoms with Gasteiger partial charge >= 0.3 is 5.97 Å². The molecule has 19 heavy (non-hydrogen) atoms. The summed E-state index contributed by atoms with van der Waals surface area (Å²) in [7, 11) is 0. The standard InChI is InChI=1S/C15H17NO3/c17-15(18)13-2-1-6-16(10-13)9-11-3-4-14-12(8-11)5-7-19-14/h3-5,7-8,13H,1-2,6,9-10H2,(H,17,18). The van der Waals surface area contributed by atoms with Crippen LogP contribution in [0, 0.1) is 5.92 Å². The van der Waals surface area contributed by atoms with Gasteiger partial charge in [-0.25, -0.2) is 0 Å². The molecular weight excluding hydrogens is 242 g/mol. The van der Waals surface area contributed by atoms with Crippen molar-refractivity contribution in [3.05, 3.63) is 36.1 Å². The lowest BCUT2D eigenvalue weighted by atomic mass is 9.98. The van der Waals surface area contributed by atoms with Crippen LogP contribution < -0.4 is 0 Å². The van der Waals surface area contributed by atoms with Gasteiger partial charge in [0.2, 0.25) is 0 Å². The molecule has 0 bridgehead atoms. The molecule has 0 amide bonds. The molecule has 4 heteroatoms. The van der Waals surface area contributed by atoms with E-state index in [-0.39, 0.29) is 5.92 Å². The predicted molar refractivity (Wildman–Crippen MR) is 71.9 cm³/mol. The molecule has 1 aliphatic rings. The molecule has 1 atom stereocenters. The number of nitrogens with zero attached hydrogens (tertiary/aromatic N) is 1. The Balaban J connectivity index is 1.71. The Bertz CT molecular complexity index is 590. The predicted octanol–water partition coefficient (Wildman–Crippen LogP) is 2.73. The highest BCUT2D eigenvalue weighted by atomic mass is 16.4. The molecule has 1 aromatic heterocycles. The number of fused-ring (bicyclic) bond motifs is 1. The van der Waals surface area contributed by atoms with Crippen molar-refractivity contribution in [1.29, 1.82) is 0 Å². The van der Waals surface area contributed by atoms with Gasteiger partial charge in [0.15, 0.2) is 0 Å². The number of benzene rings is 1. The third kappa shape index (κ3) is 2.63. The van der Waals surface area contributed by atoms with E-state index in [1.54, 1.807) is 6.26 Å². The summed E-state index contributed by atoms with van der Waals surface area (Å²) in [5.41, 5.74) is 2.10. The van der Waals surface area contributed by atoms with Gasteiger partial charge in [0.05, 0.1) is 12.2 Å². The van der Waals surface area contributed by atoms with Crippen molar-refractivity contribution < 1.29 is 14.3 Å². The number of carboxylic acids is 1. The second-order valence-corrected chi connectivity index (χ2v) is 5.21. The Labute approximate surface area is 111 Å². The van der Waals surface area contributed by atoms with E-state index in [1.165, 1.54) is 5.56 Å². The number of aliphatic carboxylic acids is 1. The smallest absolute Gasteiger partial charge is 0.307 e. The SMILES string of the molecule is O=C(O)C1CCCN(Cc2ccc3occc3c2)C1. The molecular formula is C15H17NO3. The second kappa shape index (κ2) is 5.05. The molecule has 1 unspecified atom stereocenters. The van der Waals surface area contributed by atoms with Crippen LogP contribution in [0.15, 0.2) is 34.9 Å². The molecule has 0 aliphatic carbocycles. The van der Waals surface area contributed by atoms with Gasteiger partial charge in [0.25, 0.3) is 0 Å². The molecule has 1 fully saturated rings. The lowest BCUT2D eigenvalue weighted by Gasteiger charge is -2.30. The first-order valence-electron chi connectivity index (χ1n) is 6.64. The van der Waals surface area contributed by atoms with Gasteiger partial charge < -0.3 is 9.52 Å². The minimum absolute atomic E-state index is 0.216. The Morgan fingerprint density at radius 1 is 1.42 bits per heavy atom. The van der Waals surface area contributed by atoms with Crippen molar-refractivity contribution in [3.63, 3.8) is 0 Å². The van der Waals surface area contributed by atoms with Crippen molar-refractivity contribution in [2.75, 3.05) is 13.1 Å². The number of hydrogen-bond acceptors (Lipinski definition) is 3. The minimum atomic E-state index is -0.671. The molecule has 4 nitrogen and oxygen atoms in total. The summed E-state index contributed by atoms with van der Waals surface area (Å²) in [5, 5.41) is 10.2. The van der Waals surface area contributed by atoms with Crippen LogP contribution in [0.25, 0.3) is 11.0 Å². The van der Waals surface area contributed by atoms with E-state index in [2.05, 4.69) is 17.0 Å². The molecule has 2 aromatic rings. The van der Waals surface area contributed by atoms with E-state index in [9.17, 15) is 4.79 Å². The molecule has 3 rings (SSSR count). The van der Waals surface area contributed by atoms with E-state index >= 15 is 0 Å². The number of carboxylic acid groups (broad SMARTS) is 1. The number of hydrogen-bond donors (Lipinski definition) is 1. The topological polar surface area (TPSA) is 53.7 Å². The Morgan fingerprint density at radius 3 is 3.16 bits per heavy atom. The zero-order valence-electron chi connectivity index (χ0n) is 10.7. The van der Waals surface area contributed by atoms with Gasteiger partial charge in [-0.2, -0.15) is 0 Å². The lowest BCUT2D eigenvalue weighted by molar-refractivity contribution is -0.143. The van der Waals surface area contributed by atoms with Crippen LogP contribution in [0.3, 0.4) is 0 Å². The van der Waals surface area contributed by atoms with E-state index < -0.39 is 5.97 Å². The number of likely N-dealkylation sites (tertiary alicyclic amines) is 1. The highest BCUT2D eigenvalue weighted by Crippen LogP contribution is 2.21. The zero-order valence-corrected chi connectivity index (χ0v) is 10.7. The molecule has 100 valence electrons. The molecule has 0 saturated carbocycles. The Kier molecular flexibility index (Phi) is 3.25. The van der Waals surface area contributed by atoms with Gasteiger partial charge in [-0.3, -0.25) is 9.69 Å². The number of piperidine rings is 1. The van der Waals surface area contributed by atoms with Crippen LogP contribution in [0.5, 0.6) is 0 Å². The van der Waals surface area contributed by atoms with Gasteiger partial charge in [-0.15, -0.1) is 0 Å². The average Bonchev–Trinajstić information content (AvgIpc) is 2.86. The summed E-state index contributed by atoms with van der Waals surface area (Å²) in [5.74, 6) is -0.888. The Hall–Kier alpha value is -1.81. The molecule has 1 aromatic carbocycles. The molecule has 2 heterocycles. The number of carbonyl (C=O) groups is 1. The fraction of sp³-hybridized carbons (Fsp3) is 0.400. The van der Waals surface area contributed by atoms with Gasteiger partial charge in [-0.1, -0.05) is 6.07 Å². The minimum Gasteiger partial charge on any atom is -0.481 e. The normalized spacial score (nSPS) is 20.7. The Morgan fingerprint density at radius 2 is 2.32 bits per heavy atom. The maximum atomic E-state index is 11.1. The van der Waals surface area contributed by atoms with Crippen LogP contribution in [-0.2, 0) is 11.3 Å². The second-order valence-electron chi connectivity index (χ2n) is 5.21. The van der Waals surface area contributed by atoms with Gasteiger partial charge in [-0.05, 0) is 43.1 Å². The highest BCUT2D eigenvalue weighted by molar-refractivity contribution is 5.77. The summed E-state index contributed by atoms with van der Waals surface area (Å²) in [6.07, 6.45) is 3.45. The van der Waals surface area contributed by atoms with Crippen molar-refractivity contribution in [1.82, 2.24) is 4.90 Å². The summed E-state index contributed by atoms with van der Waals surface area (Å²) < 4.78 is 5.32. The number of rotatable bonds is 3. The largest absolute Gasteiger partial charge is 0.481 e. The van der Waals surface area contributed by atoms with Crippen molar-refractivity contribution >= 4 is 16.9 Å². The van der Waals surface area contributed by atoms with Crippen LogP contribution in [-0.4, -0.2) is 29.1 Å². The molecule has 1 saturated heterocycles.